The van der Waals surface area contributed by atoms with Gasteiger partial charge in [-0.05, 0) is 63.3 Å². The molecule has 0 bridgehead atoms. The van der Waals surface area contributed by atoms with Crippen LogP contribution in [-0.2, 0) is 0 Å². The molecule has 0 saturated heterocycles. The van der Waals surface area contributed by atoms with Crippen LogP contribution < -0.4 is 0 Å². The van der Waals surface area contributed by atoms with Crippen molar-refractivity contribution in [3.63, 3.8) is 0 Å². The molecule has 1 aromatic heterocycles. The van der Waals surface area contributed by atoms with Crippen molar-refractivity contribution >= 4 is 0 Å². The molecular weight excluding hydrogens is 300 g/mol. The van der Waals surface area contributed by atoms with Crippen LogP contribution in [0.5, 0.6) is 0 Å². The lowest BCUT2D eigenvalue weighted by Crippen LogP contribution is -2.44. The minimum Gasteiger partial charge on any atom is -0.389 e. The Kier molecular flexibility index (Phi) is 5.01. The van der Waals surface area contributed by atoms with Crippen LogP contribution in [0.3, 0.4) is 0 Å². The summed E-state index contributed by atoms with van der Waals surface area (Å²) in [6, 6.07) is 8.64. The molecule has 0 aliphatic heterocycles. The third kappa shape index (κ3) is 3.84. The standard InChI is InChI=1S/C19H28N4O/c1-15-8-10-19(24,11-9-15)12-22(3)16(2)17-4-6-18(7-5-17)23-14-20-13-21-23/h4-7,13-16,24H,8-12H2,1-3H3. The van der Waals surface area contributed by atoms with Crippen LogP contribution in [0.1, 0.15) is 51.1 Å². The van der Waals surface area contributed by atoms with Crippen molar-refractivity contribution in [3.05, 3.63) is 42.5 Å². The molecule has 5 nitrogen and oxygen atoms in total. The molecule has 0 amide bonds. The highest BCUT2D eigenvalue weighted by Gasteiger charge is 2.33. The molecule has 1 aromatic carbocycles. The Morgan fingerprint density at radius 2 is 1.96 bits per heavy atom. The molecule has 1 atom stereocenters. The lowest BCUT2D eigenvalue weighted by molar-refractivity contribution is -0.0367. The highest BCUT2D eigenvalue weighted by molar-refractivity contribution is 5.34. The van der Waals surface area contributed by atoms with Gasteiger partial charge in [0.15, 0.2) is 0 Å². The van der Waals surface area contributed by atoms with E-state index in [4.69, 9.17) is 0 Å². The third-order valence-corrected chi connectivity index (χ3v) is 5.47. The monoisotopic (exact) mass is 328 g/mol. The van der Waals surface area contributed by atoms with Gasteiger partial charge in [0, 0.05) is 12.6 Å². The molecule has 2 aromatic rings. The lowest BCUT2D eigenvalue weighted by Gasteiger charge is -2.39. The Hall–Kier alpha value is -1.72. The second-order valence-corrected chi connectivity index (χ2v) is 7.43. The van der Waals surface area contributed by atoms with Gasteiger partial charge in [0.05, 0.1) is 11.3 Å². The summed E-state index contributed by atoms with van der Waals surface area (Å²) in [5, 5.41) is 15.0. The van der Waals surface area contributed by atoms with E-state index >= 15 is 0 Å². The Morgan fingerprint density at radius 1 is 1.29 bits per heavy atom. The predicted octanol–water partition coefficient (Wildman–Crippen LogP) is 3.20. The molecule has 1 N–H and O–H groups in total. The van der Waals surface area contributed by atoms with Gasteiger partial charge in [-0.15, -0.1) is 0 Å². The van der Waals surface area contributed by atoms with Gasteiger partial charge >= 0.3 is 0 Å². The van der Waals surface area contributed by atoms with E-state index in [-0.39, 0.29) is 6.04 Å². The van der Waals surface area contributed by atoms with Crippen LogP contribution >= 0.6 is 0 Å². The highest BCUT2D eigenvalue weighted by atomic mass is 16.3. The lowest BCUT2D eigenvalue weighted by atomic mass is 9.79. The number of hydrogen-bond acceptors (Lipinski definition) is 4. The molecule has 1 saturated carbocycles. The Bertz CT molecular complexity index is 630. The summed E-state index contributed by atoms with van der Waals surface area (Å²) in [4.78, 5) is 6.24. The van der Waals surface area contributed by atoms with Gasteiger partial charge in [0.1, 0.15) is 12.7 Å². The minimum atomic E-state index is -0.532. The maximum atomic E-state index is 10.9. The molecule has 130 valence electrons. The fourth-order valence-corrected chi connectivity index (χ4v) is 3.56. The van der Waals surface area contributed by atoms with Crippen molar-refractivity contribution in [1.29, 1.82) is 0 Å². The van der Waals surface area contributed by atoms with Gasteiger partial charge < -0.3 is 5.11 Å². The number of benzene rings is 1. The van der Waals surface area contributed by atoms with E-state index in [0.717, 1.165) is 43.8 Å². The minimum absolute atomic E-state index is 0.262. The van der Waals surface area contributed by atoms with E-state index < -0.39 is 5.60 Å². The van der Waals surface area contributed by atoms with Crippen LogP contribution in [-0.4, -0.2) is 44.0 Å². The number of aliphatic hydroxyl groups is 1. The smallest absolute Gasteiger partial charge is 0.138 e. The summed E-state index contributed by atoms with van der Waals surface area (Å²) in [5.41, 5.74) is 1.72. The van der Waals surface area contributed by atoms with Crippen LogP contribution in [0, 0.1) is 5.92 Å². The van der Waals surface area contributed by atoms with E-state index in [1.807, 2.05) is 0 Å². The van der Waals surface area contributed by atoms with Crippen molar-refractivity contribution in [2.45, 2.75) is 51.2 Å². The van der Waals surface area contributed by atoms with Crippen molar-refractivity contribution < 1.29 is 5.11 Å². The normalized spacial score (nSPS) is 25.8. The van der Waals surface area contributed by atoms with E-state index in [1.165, 1.54) is 11.9 Å². The molecule has 5 heteroatoms. The summed E-state index contributed by atoms with van der Waals surface area (Å²) in [6.07, 6.45) is 7.32. The van der Waals surface area contributed by atoms with Crippen molar-refractivity contribution in [3.8, 4) is 5.69 Å². The maximum absolute atomic E-state index is 10.9. The van der Waals surface area contributed by atoms with E-state index in [2.05, 4.69) is 60.1 Å². The molecule has 1 aliphatic carbocycles. The summed E-state index contributed by atoms with van der Waals surface area (Å²) >= 11 is 0. The van der Waals surface area contributed by atoms with Gasteiger partial charge in [-0.1, -0.05) is 19.1 Å². The van der Waals surface area contributed by atoms with E-state index in [1.54, 1.807) is 11.0 Å². The fraction of sp³-hybridized carbons (Fsp3) is 0.579. The first-order valence-electron chi connectivity index (χ1n) is 8.84. The van der Waals surface area contributed by atoms with Crippen molar-refractivity contribution in [2.75, 3.05) is 13.6 Å². The van der Waals surface area contributed by atoms with E-state index in [0.29, 0.717) is 0 Å². The topological polar surface area (TPSA) is 54.2 Å². The highest BCUT2D eigenvalue weighted by Crippen LogP contribution is 2.33. The summed E-state index contributed by atoms with van der Waals surface area (Å²) in [7, 11) is 2.10. The molecule has 3 rings (SSSR count). The predicted molar refractivity (Wildman–Crippen MR) is 95.0 cm³/mol. The average molecular weight is 328 g/mol. The number of hydrogen-bond donors (Lipinski definition) is 1. The zero-order valence-corrected chi connectivity index (χ0v) is 14.9. The largest absolute Gasteiger partial charge is 0.389 e. The molecule has 1 aliphatic rings. The van der Waals surface area contributed by atoms with E-state index in [9.17, 15) is 5.11 Å². The number of aromatic nitrogens is 3. The molecule has 0 radical (unpaired) electrons. The van der Waals surface area contributed by atoms with Gasteiger partial charge in [-0.2, -0.15) is 5.10 Å². The quantitative estimate of drug-likeness (QED) is 0.916. The molecule has 1 fully saturated rings. The van der Waals surface area contributed by atoms with Crippen molar-refractivity contribution in [2.24, 2.45) is 5.92 Å². The second kappa shape index (κ2) is 7.03. The van der Waals surface area contributed by atoms with Crippen LogP contribution in [0.4, 0.5) is 0 Å². The van der Waals surface area contributed by atoms with Crippen LogP contribution in [0.25, 0.3) is 5.69 Å². The first-order valence-corrected chi connectivity index (χ1v) is 8.84. The fourth-order valence-electron chi connectivity index (χ4n) is 3.56. The maximum Gasteiger partial charge on any atom is 0.138 e. The van der Waals surface area contributed by atoms with Gasteiger partial charge in [-0.3, -0.25) is 4.90 Å². The molecule has 1 unspecified atom stereocenters. The van der Waals surface area contributed by atoms with Gasteiger partial charge in [-0.25, -0.2) is 9.67 Å². The van der Waals surface area contributed by atoms with Crippen LogP contribution in [0.2, 0.25) is 0 Å². The third-order valence-electron chi connectivity index (χ3n) is 5.47. The number of rotatable bonds is 5. The summed E-state index contributed by atoms with van der Waals surface area (Å²) in [5.74, 6) is 0.748. The Morgan fingerprint density at radius 3 is 2.54 bits per heavy atom. The van der Waals surface area contributed by atoms with Gasteiger partial charge in [0.25, 0.3) is 0 Å². The first-order chi connectivity index (χ1) is 11.5. The van der Waals surface area contributed by atoms with Crippen molar-refractivity contribution in [1.82, 2.24) is 19.7 Å². The average Bonchev–Trinajstić information content (AvgIpc) is 3.12. The zero-order valence-electron chi connectivity index (χ0n) is 14.9. The van der Waals surface area contributed by atoms with Gasteiger partial charge in [0.2, 0.25) is 0 Å². The Labute approximate surface area is 144 Å². The first kappa shape index (κ1) is 17.1. The SMILES string of the molecule is CC1CCC(O)(CN(C)C(C)c2ccc(-n3cncn3)cc2)CC1. The van der Waals surface area contributed by atoms with Crippen LogP contribution in [0.15, 0.2) is 36.9 Å². The number of nitrogens with zero attached hydrogens (tertiary/aromatic N) is 4. The summed E-state index contributed by atoms with van der Waals surface area (Å²) in [6.45, 7) is 5.20. The second-order valence-electron chi connectivity index (χ2n) is 7.43. The number of likely N-dealkylation sites (N-methyl/N-ethyl adjacent to an activating group) is 1. The molecule has 1 heterocycles. The summed E-state index contributed by atoms with van der Waals surface area (Å²) < 4.78 is 1.75. The molecular formula is C19H28N4O. The molecule has 24 heavy (non-hydrogen) atoms. The zero-order chi connectivity index (χ0) is 17.2. The Balaban J connectivity index is 1.64. The molecule has 0 spiro atoms.